The molecular formula is C10H14FN3O2S. The first-order valence-electron chi connectivity index (χ1n) is 4.89. The molecule has 0 aliphatic heterocycles. The van der Waals surface area contributed by atoms with Crippen LogP contribution in [0.25, 0.3) is 0 Å². The van der Waals surface area contributed by atoms with E-state index in [1.54, 1.807) is 0 Å². The molecule has 1 aromatic rings. The van der Waals surface area contributed by atoms with Gasteiger partial charge in [0.25, 0.3) is 0 Å². The summed E-state index contributed by atoms with van der Waals surface area (Å²) in [5.74, 6) is -0.900. The lowest BCUT2D eigenvalue weighted by Crippen LogP contribution is -2.30. The number of nitrogens with one attached hydrogen (secondary N) is 1. The fraction of sp³-hybridized carbons (Fsp3) is 0.300. The van der Waals surface area contributed by atoms with Crippen LogP contribution in [0.3, 0.4) is 0 Å². The number of sulfonamides is 1. The summed E-state index contributed by atoms with van der Waals surface area (Å²) in [5, 5.41) is 7.02. The highest BCUT2D eigenvalue weighted by Crippen LogP contribution is 2.17. The Morgan fingerprint density at radius 3 is 2.59 bits per heavy atom. The number of nitrogens with zero attached hydrogens (tertiary/aromatic N) is 1. The van der Waals surface area contributed by atoms with Gasteiger partial charge in [-0.05, 0) is 12.1 Å². The van der Waals surface area contributed by atoms with Crippen LogP contribution in [0.1, 0.15) is 6.42 Å². The molecule has 0 fully saturated rings. The molecule has 0 unspecified atom stereocenters. The van der Waals surface area contributed by atoms with E-state index in [9.17, 15) is 12.8 Å². The number of benzene rings is 1. The molecule has 0 aliphatic rings. The molecule has 0 aromatic heterocycles. The monoisotopic (exact) mass is 259 g/mol. The Morgan fingerprint density at radius 1 is 1.47 bits per heavy atom. The van der Waals surface area contributed by atoms with Gasteiger partial charge in [-0.3, -0.25) is 5.41 Å². The van der Waals surface area contributed by atoms with Crippen molar-refractivity contribution in [3.63, 3.8) is 0 Å². The molecule has 0 bridgehead atoms. The molecule has 0 spiro atoms. The van der Waals surface area contributed by atoms with Gasteiger partial charge < -0.3 is 5.73 Å². The van der Waals surface area contributed by atoms with E-state index in [1.165, 1.54) is 25.2 Å². The second kappa shape index (κ2) is 5.24. The highest BCUT2D eigenvalue weighted by Gasteiger charge is 2.23. The lowest BCUT2D eigenvalue weighted by Gasteiger charge is -2.16. The second-order valence-corrected chi connectivity index (χ2v) is 5.55. The van der Waals surface area contributed by atoms with Crippen LogP contribution >= 0.6 is 0 Å². The van der Waals surface area contributed by atoms with Crippen LogP contribution in [0.15, 0.2) is 29.2 Å². The van der Waals surface area contributed by atoms with E-state index in [1.807, 2.05) is 0 Å². The predicted octanol–water partition coefficient (Wildman–Crippen LogP) is 0.772. The Bertz CT molecular complexity index is 516. The van der Waals surface area contributed by atoms with Crippen LogP contribution in [0.4, 0.5) is 4.39 Å². The smallest absolute Gasteiger partial charge is 0.245 e. The number of nitrogens with two attached hydrogens (primary N) is 1. The summed E-state index contributed by atoms with van der Waals surface area (Å²) in [6.07, 6.45) is 0.115. The molecular weight excluding hydrogens is 245 g/mol. The standard InChI is InChI=1S/C10H14FN3O2S/c1-14(7-6-10(12)13)17(15,16)9-5-3-2-4-8(9)11/h2-5H,6-7H2,1H3,(H3,12,13). The number of amidine groups is 1. The molecule has 0 atom stereocenters. The van der Waals surface area contributed by atoms with Crippen molar-refractivity contribution in [3.05, 3.63) is 30.1 Å². The van der Waals surface area contributed by atoms with Gasteiger partial charge in [-0.2, -0.15) is 0 Å². The largest absolute Gasteiger partial charge is 0.388 e. The van der Waals surface area contributed by atoms with E-state index < -0.39 is 15.8 Å². The Hall–Kier alpha value is -1.47. The van der Waals surface area contributed by atoms with Gasteiger partial charge in [0.1, 0.15) is 10.7 Å². The van der Waals surface area contributed by atoms with Gasteiger partial charge in [-0.15, -0.1) is 0 Å². The summed E-state index contributed by atoms with van der Waals surface area (Å²) >= 11 is 0. The quantitative estimate of drug-likeness (QED) is 0.605. The maximum atomic E-state index is 13.4. The molecule has 0 amide bonds. The van der Waals surface area contributed by atoms with Gasteiger partial charge in [0.05, 0.1) is 5.84 Å². The summed E-state index contributed by atoms with van der Waals surface area (Å²) in [7, 11) is -2.54. The number of rotatable bonds is 5. The van der Waals surface area contributed by atoms with E-state index in [0.717, 1.165) is 10.4 Å². The van der Waals surface area contributed by atoms with Gasteiger partial charge in [-0.1, -0.05) is 12.1 Å². The van der Waals surface area contributed by atoms with Gasteiger partial charge in [-0.25, -0.2) is 17.1 Å². The third-order valence-corrected chi connectivity index (χ3v) is 4.11. The van der Waals surface area contributed by atoms with Crippen molar-refractivity contribution < 1.29 is 12.8 Å². The first-order valence-corrected chi connectivity index (χ1v) is 6.33. The molecule has 0 aliphatic carbocycles. The van der Waals surface area contributed by atoms with Crippen LogP contribution in [-0.4, -0.2) is 32.2 Å². The second-order valence-electron chi connectivity index (χ2n) is 3.53. The molecule has 3 N–H and O–H groups in total. The molecule has 0 saturated carbocycles. The zero-order valence-corrected chi connectivity index (χ0v) is 10.2. The number of halogens is 1. The fourth-order valence-electron chi connectivity index (χ4n) is 1.22. The topological polar surface area (TPSA) is 87.2 Å². The lowest BCUT2D eigenvalue weighted by molar-refractivity contribution is 0.470. The first-order chi connectivity index (χ1) is 7.85. The Labute approximate surface area is 99.6 Å². The van der Waals surface area contributed by atoms with Crippen LogP contribution in [0, 0.1) is 11.2 Å². The van der Waals surface area contributed by atoms with Gasteiger partial charge in [0.15, 0.2) is 0 Å². The van der Waals surface area contributed by atoms with Crippen LogP contribution in [-0.2, 0) is 10.0 Å². The van der Waals surface area contributed by atoms with E-state index in [0.29, 0.717) is 0 Å². The van der Waals surface area contributed by atoms with E-state index >= 15 is 0 Å². The zero-order chi connectivity index (χ0) is 13.1. The minimum absolute atomic E-state index is 0.0476. The molecule has 5 nitrogen and oxygen atoms in total. The van der Waals surface area contributed by atoms with Crippen molar-refractivity contribution in [2.75, 3.05) is 13.6 Å². The lowest BCUT2D eigenvalue weighted by atomic mass is 10.3. The highest BCUT2D eigenvalue weighted by molar-refractivity contribution is 7.89. The summed E-state index contributed by atoms with van der Waals surface area (Å²) in [6.45, 7) is 0.0476. The van der Waals surface area contributed by atoms with Crippen LogP contribution in [0.5, 0.6) is 0 Å². The molecule has 0 heterocycles. The van der Waals surface area contributed by atoms with E-state index in [2.05, 4.69) is 0 Å². The number of hydrogen-bond donors (Lipinski definition) is 2. The van der Waals surface area contributed by atoms with Crippen molar-refractivity contribution in [2.24, 2.45) is 5.73 Å². The van der Waals surface area contributed by atoms with Gasteiger partial charge in [0, 0.05) is 20.0 Å². The zero-order valence-electron chi connectivity index (χ0n) is 9.35. The molecule has 0 saturated heterocycles. The van der Waals surface area contributed by atoms with Crippen molar-refractivity contribution in [3.8, 4) is 0 Å². The van der Waals surface area contributed by atoms with Crippen LogP contribution in [0.2, 0.25) is 0 Å². The maximum absolute atomic E-state index is 13.4. The molecule has 0 radical (unpaired) electrons. The summed E-state index contributed by atoms with van der Waals surface area (Å²) < 4.78 is 38.2. The normalized spacial score (nSPS) is 11.7. The Morgan fingerprint density at radius 2 is 2.06 bits per heavy atom. The minimum Gasteiger partial charge on any atom is -0.388 e. The minimum atomic E-state index is -3.86. The third kappa shape index (κ3) is 3.24. The molecule has 17 heavy (non-hydrogen) atoms. The van der Waals surface area contributed by atoms with E-state index in [-0.39, 0.29) is 23.7 Å². The summed E-state index contributed by atoms with van der Waals surface area (Å²) in [6, 6.07) is 5.17. The van der Waals surface area contributed by atoms with Gasteiger partial charge >= 0.3 is 0 Å². The van der Waals surface area contributed by atoms with E-state index in [4.69, 9.17) is 11.1 Å². The Balaban J connectivity index is 2.96. The summed E-state index contributed by atoms with van der Waals surface area (Å²) in [5.41, 5.74) is 5.14. The summed E-state index contributed by atoms with van der Waals surface area (Å²) in [4.78, 5) is -0.369. The van der Waals surface area contributed by atoms with Crippen LogP contribution < -0.4 is 5.73 Å². The fourth-order valence-corrected chi connectivity index (χ4v) is 2.45. The van der Waals surface area contributed by atoms with Crippen molar-refractivity contribution in [2.45, 2.75) is 11.3 Å². The predicted molar refractivity (Wildman–Crippen MR) is 62.7 cm³/mol. The SMILES string of the molecule is CN(CCC(=N)N)S(=O)(=O)c1ccccc1F. The molecule has 7 heteroatoms. The highest BCUT2D eigenvalue weighted by atomic mass is 32.2. The van der Waals surface area contributed by atoms with Crippen molar-refractivity contribution >= 4 is 15.9 Å². The average Bonchev–Trinajstić information content (AvgIpc) is 2.26. The average molecular weight is 259 g/mol. The maximum Gasteiger partial charge on any atom is 0.245 e. The van der Waals surface area contributed by atoms with Gasteiger partial charge in [0.2, 0.25) is 10.0 Å². The third-order valence-electron chi connectivity index (χ3n) is 2.22. The number of hydrogen-bond acceptors (Lipinski definition) is 3. The molecule has 1 rings (SSSR count). The van der Waals surface area contributed by atoms with Crippen molar-refractivity contribution in [1.82, 2.24) is 4.31 Å². The van der Waals surface area contributed by atoms with Crippen molar-refractivity contribution in [1.29, 1.82) is 5.41 Å². The molecule has 94 valence electrons. The molecule has 1 aromatic carbocycles. The first kappa shape index (κ1) is 13.6. The Kier molecular flexibility index (Phi) is 4.19.